The number of pyridine rings is 1. The molecule has 7 heteroatoms. The Bertz CT molecular complexity index is 676. The van der Waals surface area contributed by atoms with Crippen molar-refractivity contribution in [2.75, 3.05) is 13.7 Å². The van der Waals surface area contributed by atoms with Crippen molar-refractivity contribution in [2.24, 2.45) is 0 Å². The Morgan fingerprint density at radius 3 is 2.81 bits per heavy atom. The van der Waals surface area contributed by atoms with E-state index in [9.17, 15) is 4.79 Å². The standard InChI is InChI=1S/C14H15ClN4O2/c1-4-21-14-10(9-5-6-17-7-8(9)2)11(15)18-12(19-14)13(20)16-3/h5-7H,4H2,1-3H3,(H,16,20). The van der Waals surface area contributed by atoms with Crippen molar-refractivity contribution in [3.05, 3.63) is 35.0 Å². The topological polar surface area (TPSA) is 77.0 Å². The molecule has 1 N–H and O–H groups in total. The van der Waals surface area contributed by atoms with Gasteiger partial charge in [-0.1, -0.05) is 11.6 Å². The fraction of sp³-hybridized carbons (Fsp3) is 0.286. The van der Waals surface area contributed by atoms with E-state index < -0.39 is 5.91 Å². The van der Waals surface area contributed by atoms with Gasteiger partial charge in [0, 0.05) is 19.4 Å². The van der Waals surface area contributed by atoms with Gasteiger partial charge in [0.05, 0.1) is 12.2 Å². The summed E-state index contributed by atoms with van der Waals surface area (Å²) in [6, 6.07) is 1.81. The zero-order valence-corrected chi connectivity index (χ0v) is 12.7. The fourth-order valence-corrected chi connectivity index (χ4v) is 2.11. The molecule has 0 aliphatic carbocycles. The van der Waals surface area contributed by atoms with Gasteiger partial charge in [-0.2, -0.15) is 4.98 Å². The van der Waals surface area contributed by atoms with E-state index in [-0.39, 0.29) is 16.9 Å². The van der Waals surface area contributed by atoms with Crippen molar-refractivity contribution < 1.29 is 9.53 Å². The number of amides is 1. The number of aromatic nitrogens is 3. The number of hydrogen-bond acceptors (Lipinski definition) is 5. The molecular weight excluding hydrogens is 292 g/mol. The van der Waals surface area contributed by atoms with Gasteiger partial charge in [0.25, 0.3) is 5.91 Å². The Morgan fingerprint density at radius 2 is 2.19 bits per heavy atom. The summed E-state index contributed by atoms with van der Waals surface area (Å²) < 4.78 is 5.53. The van der Waals surface area contributed by atoms with Gasteiger partial charge in [-0.15, -0.1) is 0 Å². The molecule has 2 rings (SSSR count). The Hall–Kier alpha value is -2.21. The summed E-state index contributed by atoms with van der Waals surface area (Å²) in [6.07, 6.45) is 3.37. The molecule has 0 bridgehead atoms. The highest BCUT2D eigenvalue weighted by Crippen LogP contribution is 2.35. The number of carbonyl (C=O) groups is 1. The van der Waals surface area contributed by atoms with E-state index in [0.717, 1.165) is 11.1 Å². The van der Waals surface area contributed by atoms with Gasteiger partial charge in [-0.25, -0.2) is 4.98 Å². The summed E-state index contributed by atoms with van der Waals surface area (Å²) in [5.41, 5.74) is 2.30. The second-order valence-electron chi connectivity index (χ2n) is 4.22. The summed E-state index contributed by atoms with van der Waals surface area (Å²) in [4.78, 5) is 23.9. The minimum absolute atomic E-state index is 0.0265. The molecule has 0 atom stereocenters. The molecule has 0 aromatic carbocycles. The van der Waals surface area contributed by atoms with Crippen LogP contribution >= 0.6 is 11.6 Å². The third-order valence-electron chi connectivity index (χ3n) is 2.83. The minimum atomic E-state index is -0.421. The van der Waals surface area contributed by atoms with Crippen molar-refractivity contribution in [3.63, 3.8) is 0 Å². The van der Waals surface area contributed by atoms with E-state index in [0.29, 0.717) is 12.2 Å². The molecule has 0 aliphatic rings. The van der Waals surface area contributed by atoms with Crippen LogP contribution in [0.1, 0.15) is 23.1 Å². The van der Waals surface area contributed by atoms with Crippen LogP contribution < -0.4 is 10.1 Å². The maximum absolute atomic E-state index is 11.7. The quantitative estimate of drug-likeness (QED) is 0.877. The lowest BCUT2D eigenvalue weighted by Crippen LogP contribution is -2.21. The Balaban J connectivity index is 2.65. The number of aryl methyl sites for hydroxylation is 1. The number of rotatable bonds is 4. The molecule has 0 aliphatic heterocycles. The minimum Gasteiger partial charge on any atom is -0.477 e. The lowest BCUT2D eigenvalue weighted by Gasteiger charge is -2.13. The zero-order valence-electron chi connectivity index (χ0n) is 12.0. The number of ether oxygens (including phenoxy) is 1. The number of nitrogens with one attached hydrogen (secondary N) is 1. The van der Waals surface area contributed by atoms with Gasteiger partial charge in [-0.3, -0.25) is 9.78 Å². The normalized spacial score (nSPS) is 10.3. The molecule has 6 nitrogen and oxygen atoms in total. The molecule has 1 amide bonds. The molecule has 0 fully saturated rings. The molecule has 21 heavy (non-hydrogen) atoms. The zero-order chi connectivity index (χ0) is 15.4. The maximum atomic E-state index is 11.7. The third kappa shape index (κ3) is 3.11. The van der Waals surface area contributed by atoms with Crippen molar-refractivity contribution in [1.29, 1.82) is 0 Å². The van der Waals surface area contributed by atoms with Crippen LogP contribution in [0.2, 0.25) is 5.15 Å². The largest absolute Gasteiger partial charge is 0.477 e. The SMILES string of the molecule is CCOc1nc(C(=O)NC)nc(Cl)c1-c1ccncc1C. The number of hydrogen-bond donors (Lipinski definition) is 1. The van der Waals surface area contributed by atoms with Gasteiger partial charge < -0.3 is 10.1 Å². The monoisotopic (exact) mass is 306 g/mol. The predicted octanol–water partition coefficient (Wildman–Crippen LogP) is 2.26. The average Bonchev–Trinajstić information content (AvgIpc) is 2.47. The van der Waals surface area contributed by atoms with Gasteiger partial charge >= 0.3 is 0 Å². The Morgan fingerprint density at radius 1 is 1.43 bits per heavy atom. The van der Waals surface area contributed by atoms with Crippen LogP contribution in [0.15, 0.2) is 18.5 Å². The molecule has 0 unspecified atom stereocenters. The van der Waals surface area contributed by atoms with Crippen LogP contribution in [0.5, 0.6) is 5.88 Å². The first-order valence-corrected chi connectivity index (χ1v) is 6.79. The molecule has 0 saturated carbocycles. The van der Waals surface area contributed by atoms with Crippen molar-refractivity contribution in [3.8, 4) is 17.0 Å². The van der Waals surface area contributed by atoms with Gasteiger partial charge in [-0.05, 0) is 31.0 Å². The molecule has 2 aromatic heterocycles. The highest BCUT2D eigenvalue weighted by atomic mass is 35.5. The van der Waals surface area contributed by atoms with Crippen LogP contribution in [0.25, 0.3) is 11.1 Å². The highest BCUT2D eigenvalue weighted by molar-refractivity contribution is 6.32. The lowest BCUT2D eigenvalue weighted by atomic mass is 10.1. The Kier molecular flexibility index (Phi) is 4.70. The highest BCUT2D eigenvalue weighted by Gasteiger charge is 2.20. The van der Waals surface area contributed by atoms with Crippen molar-refractivity contribution >= 4 is 17.5 Å². The van der Waals surface area contributed by atoms with Crippen LogP contribution in [-0.4, -0.2) is 34.5 Å². The Labute approximate surface area is 127 Å². The predicted molar refractivity (Wildman–Crippen MR) is 79.6 cm³/mol. The summed E-state index contributed by atoms with van der Waals surface area (Å²) in [5.74, 6) is -0.164. The lowest BCUT2D eigenvalue weighted by molar-refractivity contribution is 0.0951. The first-order chi connectivity index (χ1) is 10.1. The number of nitrogens with zero attached hydrogens (tertiary/aromatic N) is 3. The number of carbonyl (C=O) groups excluding carboxylic acids is 1. The van der Waals surface area contributed by atoms with Crippen LogP contribution in [0.3, 0.4) is 0 Å². The van der Waals surface area contributed by atoms with Gasteiger partial charge in [0.2, 0.25) is 11.7 Å². The second-order valence-corrected chi connectivity index (χ2v) is 4.58. The summed E-state index contributed by atoms with van der Waals surface area (Å²) >= 11 is 6.25. The summed E-state index contributed by atoms with van der Waals surface area (Å²) in [7, 11) is 1.50. The molecule has 0 spiro atoms. The summed E-state index contributed by atoms with van der Waals surface area (Å²) in [5, 5.41) is 2.63. The van der Waals surface area contributed by atoms with E-state index >= 15 is 0 Å². The first-order valence-electron chi connectivity index (χ1n) is 6.41. The van der Waals surface area contributed by atoms with Crippen LogP contribution in [0, 0.1) is 6.92 Å². The van der Waals surface area contributed by atoms with E-state index in [1.165, 1.54) is 7.05 Å². The van der Waals surface area contributed by atoms with Gasteiger partial charge in [0.1, 0.15) is 5.15 Å². The van der Waals surface area contributed by atoms with Crippen LogP contribution in [0.4, 0.5) is 0 Å². The molecule has 0 saturated heterocycles. The fourth-order valence-electron chi connectivity index (χ4n) is 1.85. The van der Waals surface area contributed by atoms with Crippen molar-refractivity contribution in [2.45, 2.75) is 13.8 Å². The van der Waals surface area contributed by atoms with E-state index in [1.807, 2.05) is 19.9 Å². The maximum Gasteiger partial charge on any atom is 0.289 e. The second kappa shape index (κ2) is 6.49. The first kappa shape index (κ1) is 15.2. The molecular formula is C14H15ClN4O2. The van der Waals surface area contributed by atoms with Gasteiger partial charge in [0.15, 0.2) is 0 Å². The molecule has 2 aromatic rings. The average molecular weight is 307 g/mol. The van der Waals surface area contributed by atoms with E-state index in [4.69, 9.17) is 16.3 Å². The van der Waals surface area contributed by atoms with E-state index in [1.54, 1.807) is 12.4 Å². The molecule has 0 radical (unpaired) electrons. The molecule has 110 valence electrons. The van der Waals surface area contributed by atoms with Crippen LogP contribution in [-0.2, 0) is 0 Å². The summed E-state index contributed by atoms with van der Waals surface area (Å²) in [6.45, 7) is 4.14. The smallest absolute Gasteiger partial charge is 0.289 e. The van der Waals surface area contributed by atoms with Crippen molar-refractivity contribution in [1.82, 2.24) is 20.3 Å². The van der Waals surface area contributed by atoms with E-state index in [2.05, 4.69) is 20.3 Å². The molecule has 2 heterocycles. The third-order valence-corrected chi connectivity index (χ3v) is 3.11. The number of halogens is 1.